The molecule has 0 saturated carbocycles. The number of aryl methyl sites for hydroxylation is 1. The molecule has 0 aliphatic carbocycles. The zero-order valence-electron chi connectivity index (χ0n) is 9.81. The minimum absolute atomic E-state index is 0.207. The van der Waals surface area contributed by atoms with Crippen LogP contribution >= 0.6 is 27.5 Å². The van der Waals surface area contributed by atoms with Crippen molar-refractivity contribution in [3.8, 4) is 0 Å². The molecule has 18 heavy (non-hydrogen) atoms. The van der Waals surface area contributed by atoms with E-state index in [0.717, 1.165) is 15.7 Å². The lowest BCUT2D eigenvalue weighted by atomic mass is 10.1. The molecule has 0 atom stereocenters. The van der Waals surface area contributed by atoms with Crippen LogP contribution in [0.25, 0.3) is 0 Å². The van der Waals surface area contributed by atoms with Crippen LogP contribution in [-0.4, -0.2) is 0 Å². The number of hydrogen-bond acceptors (Lipinski definition) is 1. The van der Waals surface area contributed by atoms with Crippen molar-refractivity contribution in [2.24, 2.45) is 0 Å². The van der Waals surface area contributed by atoms with Crippen molar-refractivity contribution in [1.29, 1.82) is 0 Å². The molecule has 0 bridgehead atoms. The maximum atomic E-state index is 13.6. The summed E-state index contributed by atoms with van der Waals surface area (Å²) in [7, 11) is 0. The summed E-state index contributed by atoms with van der Waals surface area (Å²) in [6, 6.07) is 10.6. The molecule has 0 aromatic heterocycles. The molecule has 0 fully saturated rings. The van der Waals surface area contributed by atoms with Gasteiger partial charge in [-0.2, -0.15) is 0 Å². The summed E-state index contributed by atoms with van der Waals surface area (Å²) < 4.78 is 14.5. The second kappa shape index (κ2) is 5.72. The molecule has 1 N–H and O–H groups in total. The highest BCUT2D eigenvalue weighted by molar-refractivity contribution is 9.10. The van der Waals surface area contributed by atoms with Crippen LogP contribution in [0.1, 0.15) is 11.1 Å². The van der Waals surface area contributed by atoms with E-state index < -0.39 is 0 Å². The fourth-order valence-corrected chi connectivity index (χ4v) is 2.40. The molecule has 0 aliphatic heterocycles. The number of rotatable bonds is 3. The van der Waals surface area contributed by atoms with Crippen LogP contribution in [0.15, 0.2) is 40.9 Å². The number of anilines is 1. The minimum Gasteiger partial charge on any atom is -0.380 e. The summed E-state index contributed by atoms with van der Waals surface area (Å²) >= 11 is 9.42. The van der Waals surface area contributed by atoms with E-state index in [1.54, 1.807) is 12.1 Å². The standard InChI is InChI=1S/C14H12BrClFN/c1-9-2-4-13(17)10(6-9)8-18-14-5-3-11(15)7-12(14)16/h2-7,18H,8H2,1H3. The van der Waals surface area contributed by atoms with Crippen molar-refractivity contribution < 1.29 is 4.39 Å². The van der Waals surface area contributed by atoms with Crippen LogP contribution in [0.2, 0.25) is 5.02 Å². The van der Waals surface area contributed by atoms with Crippen molar-refractivity contribution in [3.05, 3.63) is 62.8 Å². The predicted molar refractivity (Wildman–Crippen MR) is 77.6 cm³/mol. The fraction of sp³-hybridized carbons (Fsp3) is 0.143. The van der Waals surface area contributed by atoms with Crippen molar-refractivity contribution in [3.63, 3.8) is 0 Å². The largest absolute Gasteiger partial charge is 0.380 e. The first-order valence-electron chi connectivity index (χ1n) is 5.50. The van der Waals surface area contributed by atoms with Crippen LogP contribution in [0, 0.1) is 12.7 Å². The molecule has 2 aromatic rings. The molecule has 0 amide bonds. The second-order valence-electron chi connectivity index (χ2n) is 4.07. The zero-order valence-corrected chi connectivity index (χ0v) is 12.1. The summed E-state index contributed by atoms with van der Waals surface area (Å²) in [4.78, 5) is 0. The van der Waals surface area contributed by atoms with E-state index in [9.17, 15) is 4.39 Å². The Morgan fingerprint density at radius 3 is 2.72 bits per heavy atom. The Bertz CT molecular complexity index is 572. The Morgan fingerprint density at radius 1 is 1.22 bits per heavy atom. The molecule has 0 unspecified atom stereocenters. The first kappa shape index (κ1) is 13.4. The SMILES string of the molecule is Cc1ccc(F)c(CNc2ccc(Br)cc2Cl)c1. The highest BCUT2D eigenvalue weighted by Crippen LogP contribution is 2.26. The normalized spacial score (nSPS) is 10.4. The fourth-order valence-electron chi connectivity index (χ4n) is 1.66. The summed E-state index contributed by atoms with van der Waals surface area (Å²) in [5, 5.41) is 3.74. The van der Waals surface area contributed by atoms with E-state index in [-0.39, 0.29) is 5.82 Å². The smallest absolute Gasteiger partial charge is 0.128 e. The van der Waals surface area contributed by atoms with E-state index in [1.807, 2.05) is 25.1 Å². The van der Waals surface area contributed by atoms with Gasteiger partial charge in [-0.15, -0.1) is 0 Å². The van der Waals surface area contributed by atoms with Gasteiger partial charge < -0.3 is 5.32 Å². The van der Waals surface area contributed by atoms with Crippen LogP contribution in [0.4, 0.5) is 10.1 Å². The Labute approximate surface area is 119 Å². The molecule has 1 nitrogen and oxygen atoms in total. The molecule has 0 heterocycles. The second-order valence-corrected chi connectivity index (χ2v) is 5.40. The van der Waals surface area contributed by atoms with E-state index in [1.165, 1.54) is 6.07 Å². The molecule has 0 spiro atoms. The molecule has 0 radical (unpaired) electrons. The van der Waals surface area contributed by atoms with Crippen molar-refractivity contribution in [1.82, 2.24) is 0 Å². The van der Waals surface area contributed by atoms with E-state index >= 15 is 0 Å². The number of nitrogens with one attached hydrogen (secondary N) is 1. The van der Waals surface area contributed by atoms with Gasteiger partial charge in [-0.3, -0.25) is 0 Å². The van der Waals surface area contributed by atoms with Gasteiger partial charge in [-0.25, -0.2) is 4.39 Å². The summed E-state index contributed by atoms with van der Waals surface area (Å²) in [5.74, 6) is -0.207. The third-order valence-corrected chi connectivity index (χ3v) is 3.41. The first-order valence-corrected chi connectivity index (χ1v) is 6.67. The van der Waals surface area contributed by atoms with Crippen molar-refractivity contribution >= 4 is 33.2 Å². The lowest BCUT2D eigenvalue weighted by Crippen LogP contribution is -2.02. The van der Waals surface area contributed by atoms with Crippen molar-refractivity contribution in [2.45, 2.75) is 13.5 Å². The maximum absolute atomic E-state index is 13.6. The van der Waals surface area contributed by atoms with Crippen LogP contribution < -0.4 is 5.32 Å². The van der Waals surface area contributed by atoms with Gasteiger partial charge in [0.1, 0.15) is 5.82 Å². The highest BCUT2D eigenvalue weighted by Gasteiger charge is 2.04. The molecular formula is C14H12BrClFN. The first-order chi connectivity index (χ1) is 8.56. The molecule has 2 aromatic carbocycles. The van der Waals surface area contributed by atoms with E-state index in [0.29, 0.717) is 17.1 Å². The molecule has 0 saturated heterocycles. The quantitative estimate of drug-likeness (QED) is 0.820. The Morgan fingerprint density at radius 2 is 2.00 bits per heavy atom. The Hall–Kier alpha value is -1.06. The van der Waals surface area contributed by atoms with Gasteiger partial charge in [-0.05, 0) is 31.2 Å². The molecule has 0 aliphatic rings. The van der Waals surface area contributed by atoms with Crippen LogP contribution in [-0.2, 0) is 6.54 Å². The minimum atomic E-state index is -0.207. The third kappa shape index (κ3) is 3.24. The topological polar surface area (TPSA) is 12.0 Å². The molecular weight excluding hydrogens is 317 g/mol. The molecule has 2 rings (SSSR count). The van der Waals surface area contributed by atoms with Crippen LogP contribution in [0.5, 0.6) is 0 Å². The predicted octanol–water partition coefficient (Wildman–Crippen LogP) is 5.16. The van der Waals surface area contributed by atoms with Gasteiger partial charge >= 0.3 is 0 Å². The number of halogens is 3. The summed E-state index contributed by atoms with van der Waals surface area (Å²) in [5.41, 5.74) is 2.46. The lowest BCUT2D eigenvalue weighted by Gasteiger charge is -2.10. The summed E-state index contributed by atoms with van der Waals surface area (Å²) in [6.07, 6.45) is 0. The van der Waals surface area contributed by atoms with Gasteiger partial charge in [0.25, 0.3) is 0 Å². The molecule has 94 valence electrons. The maximum Gasteiger partial charge on any atom is 0.128 e. The van der Waals surface area contributed by atoms with Gasteiger partial charge in [0, 0.05) is 16.6 Å². The van der Waals surface area contributed by atoms with E-state index in [2.05, 4.69) is 21.2 Å². The lowest BCUT2D eigenvalue weighted by molar-refractivity contribution is 0.612. The van der Waals surface area contributed by atoms with Crippen molar-refractivity contribution in [2.75, 3.05) is 5.32 Å². The third-order valence-electron chi connectivity index (χ3n) is 2.60. The average Bonchev–Trinajstić information content (AvgIpc) is 2.32. The number of benzene rings is 2. The average molecular weight is 329 g/mol. The van der Waals surface area contributed by atoms with Gasteiger partial charge in [0.05, 0.1) is 10.7 Å². The molecule has 4 heteroatoms. The zero-order chi connectivity index (χ0) is 13.1. The Kier molecular flexibility index (Phi) is 4.25. The van der Waals surface area contributed by atoms with Crippen LogP contribution in [0.3, 0.4) is 0 Å². The van der Waals surface area contributed by atoms with E-state index in [4.69, 9.17) is 11.6 Å². The van der Waals surface area contributed by atoms with Gasteiger partial charge in [0.15, 0.2) is 0 Å². The Balaban J connectivity index is 2.13. The highest BCUT2D eigenvalue weighted by atomic mass is 79.9. The van der Waals surface area contributed by atoms with Gasteiger partial charge in [-0.1, -0.05) is 45.2 Å². The number of hydrogen-bond donors (Lipinski definition) is 1. The van der Waals surface area contributed by atoms with Gasteiger partial charge in [0.2, 0.25) is 0 Å². The summed E-state index contributed by atoms with van der Waals surface area (Å²) in [6.45, 7) is 2.35. The monoisotopic (exact) mass is 327 g/mol.